The molecule has 1 heterocycles. The molecule has 3 aromatic carbocycles. The van der Waals surface area contributed by atoms with Crippen LogP contribution < -0.4 is 15.0 Å². The van der Waals surface area contributed by atoms with E-state index < -0.39 is 17.8 Å². The fourth-order valence-corrected chi connectivity index (χ4v) is 4.03. The zero-order chi connectivity index (χ0) is 23.5. The second-order valence-corrected chi connectivity index (χ2v) is 8.65. The molecule has 166 valence electrons. The monoisotopic (exact) mass is 544 g/mol. The number of urea groups is 1. The number of nitrogens with one attached hydrogen (secondary N) is 1. The highest BCUT2D eigenvalue weighted by atomic mass is 79.9. The average molecular weight is 546 g/mol. The van der Waals surface area contributed by atoms with E-state index in [0.29, 0.717) is 22.9 Å². The van der Waals surface area contributed by atoms with Crippen molar-refractivity contribution in [3.63, 3.8) is 0 Å². The van der Waals surface area contributed by atoms with Gasteiger partial charge in [-0.15, -0.1) is 0 Å². The topological polar surface area (TPSA) is 75.7 Å². The van der Waals surface area contributed by atoms with Crippen molar-refractivity contribution in [3.8, 4) is 5.75 Å². The summed E-state index contributed by atoms with van der Waals surface area (Å²) in [6.45, 7) is 0.303. The van der Waals surface area contributed by atoms with Crippen molar-refractivity contribution in [3.05, 3.63) is 97.9 Å². The smallest absolute Gasteiger partial charge is 0.335 e. The van der Waals surface area contributed by atoms with Crippen LogP contribution in [0.2, 0.25) is 10.0 Å². The first kappa shape index (κ1) is 23.0. The molecule has 0 aromatic heterocycles. The largest absolute Gasteiger partial charge is 0.487 e. The lowest BCUT2D eigenvalue weighted by atomic mass is 10.1. The van der Waals surface area contributed by atoms with Crippen molar-refractivity contribution < 1.29 is 19.1 Å². The van der Waals surface area contributed by atoms with Gasteiger partial charge in [0.25, 0.3) is 11.8 Å². The Hall–Kier alpha value is -3.13. The molecule has 1 fully saturated rings. The van der Waals surface area contributed by atoms with Crippen molar-refractivity contribution in [2.75, 3.05) is 4.90 Å². The number of benzene rings is 3. The normalized spacial score (nSPS) is 15.1. The first-order valence-electron chi connectivity index (χ1n) is 9.67. The maximum atomic E-state index is 13.0. The molecule has 3 aromatic rings. The van der Waals surface area contributed by atoms with Gasteiger partial charge in [-0.05, 0) is 42.0 Å². The molecule has 4 rings (SSSR count). The summed E-state index contributed by atoms with van der Waals surface area (Å²) in [6.07, 6.45) is 1.36. The summed E-state index contributed by atoms with van der Waals surface area (Å²) in [7, 11) is 0. The lowest BCUT2D eigenvalue weighted by Gasteiger charge is -2.27. The molecule has 0 spiro atoms. The molecular weight excluding hydrogens is 531 g/mol. The Kier molecular flexibility index (Phi) is 6.83. The molecule has 0 unspecified atom stereocenters. The predicted octanol–water partition coefficient (Wildman–Crippen LogP) is 6.00. The van der Waals surface area contributed by atoms with Gasteiger partial charge in [-0.3, -0.25) is 14.9 Å². The van der Waals surface area contributed by atoms with Gasteiger partial charge in [0, 0.05) is 10.0 Å². The number of halogens is 3. The van der Waals surface area contributed by atoms with E-state index in [1.54, 1.807) is 36.4 Å². The van der Waals surface area contributed by atoms with Gasteiger partial charge in [0.2, 0.25) is 0 Å². The fourth-order valence-electron chi connectivity index (χ4n) is 3.17. The van der Waals surface area contributed by atoms with Crippen molar-refractivity contribution in [2.24, 2.45) is 0 Å². The molecule has 0 bridgehead atoms. The molecule has 0 atom stereocenters. The number of imide groups is 2. The lowest BCUT2D eigenvalue weighted by molar-refractivity contribution is -0.122. The van der Waals surface area contributed by atoms with Gasteiger partial charge in [0.05, 0.1) is 15.7 Å². The Morgan fingerprint density at radius 3 is 2.39 bits per heavy atom. The minimum absolute atomic E-state index is 0.175. The Morgan fingerprint density at radius 2 is 1.67 bits per heavy atom. The molecular formula is C24H15BrCl2N2O4. The van der Waals surface area contributed by atoms with Crippen LogP contribution in [0.1, 0.15) is 11.1 Å². The van der Waals surface area contributed by atoms with Crippen molar-refractivity contribution in [1.29, 1.82) is 0 Å². The van der Waals surface area contributed by atoms with Gasteiger partial charge in [-0.1, -0.05) is 75.5 Å². The van der Waals surface area contributed by atoms with Crippen LogP contribution in [-0.2, 0) is 16.2 Å². The van der Waals surface area contributed by atoms with E-state index in [9.17, 15) is 14.4 Å². The molecule has 1 aliphatic rings. The Balaban J connectivity index is 1.58. The lowest BCUT2D eigenvalue weighted by Crippen LogP contribution is -2.54. The van der Waals surface area contributed by atoms with E-state index in [1.807, 2.05) is 24.3 Å². The molecule has 33 heavy (non-hydrogen) atoms. The maximum absolute atomic E-state index is 13.0. The van der Waals surface area contributed by atoms with Crippen molar-refractivity contribution >= 4 is 68.7 Å². The predicted molar refractivity (Wildman–Crippen MR) is 130 cm³/mol. The van der Waals surface area contributed by atoms with E-state index in [2.05, 4.69) is 21.2 Å². The van der Waals surface area contributed by atoms with Crippen LogP contribution in [0, 0.1) is 0 Å². The molecule has 1 N–H and O–H groups in total. The Bertz CT molecular complexity index is 1310. The number of carbonyl (C=O) groups is 3. The molecule has 1 saturated heterocycles. The average Bonchev–Trinajstić information content (AvgIpc) is 2.78. The summed E-state index contributed by atoms with van der Waals surface area (Å²) in [5.41, 5.74) is 1.38. The van der Waals surface area contributed by atoms with Gasteiger partial charge < -0.3 is 4.74 Å². The van der Waals surface area contributed by atoms with E-state index in [0.717, 1.165) is 14.9 Å². The van der Waals surface area contributed by atoms with Crippen LogP contribution in [0.15, 0.2) is 76.8 Å². The quantitative estimate of drug-likeness (QED) is 0.315. The standard InChI is InChI=1S/C24H15BrCl2N2O4/c25-17-6-2-1-5-15(17)13-33-21-10-9-14(12-19(21)27)11-16-22(30)28-24(32)29(23(16)31)20-8-4-3-7-18(20)26/h1-12H,13H2,(H,28,30,32)/b16-11+. The van der Waals surface area contributed by atoms with E-state index >= 15 is 0 Å². The third-order valence-corrected chi connectivity index (χ3v) is 6.19. The zero-order valence-corrected chi connectivity index (χ0v) is 19.9. The molecule has 1 aliphatic heterocycles. The highest BCUT2D eigenvalue weighted by Gasteiger charge is 2.37. The third-order valence-electron chi connectivity index (χ3n) is 4.80. The molecule has 0 aliphatic carbocycles. The number of hydrogen-bond donors (Lipinski definition) is 1. The van der Waals surface area contributed by atoms with E-state index in [1.165, 1.54) is 12.1 Å². The molecule has 0 saturated carbocycles. The highest BCUT2D eigenvalue weighted by Crippen LogP contribution is 2.31. The summed E-state index contributed by atoms with van der Waals surface area (Å²) in [5.74, 6) is -1.15. The van der Waals surface area contributed by atoms with Crippen LogP contribution in [0.4, 0.5) is 10.5 Å². The van der Waals surface area contributed by atoms with Crippen LogP contribution in [0.25, 0.3) is 6.08 Å². The van der Waals surface area contributed by atoms with Crippen molar-refractivity contribution in [1.82, 2.24) is 5.32 Å². The van der Waals surface area contributed by atoms with Gasteiger partial charge in [0.1, 0.15) is 17.9 Å². The summed E-state index contributed by atoms with van der Waals surface area (Å²) in [4.78, 5) is 38.5. The second-order valence-electron chi connectivity index (χ2n) is 6.98. The fraction of sp³-hybridized carbons (Fsp3) is 0.0417. The number of amides is 4. The number of para-hydroxylation sites is 1. The number of anilines is 1. The van der Waals surface area contributed by atoms with Crippen LogP contribution in [-0.4, -0.2) is 17.8 Å². The minimum Gasteiger partial charge on any atom is -0.487 e. The number of barbiturate groups is 1. The van der Waals surface area contributed by atoms with Crippen LogP contribution in [0.3, 0.4) is 0 Å². The molecule has 4 amide bonds. The molecule has 0 radical (unpaired) electrons. The molecule has 9 heteroatoms. The Morgan fingerprint density at radius 1 is 0.939 bits per heavy atom. The maximum Gasteiger partial charge on any atom is 0.335 e. The van der Waals surface area contributed by atoms with E-state index in [-0.39, 0.29) is 16.3 Å². The van der Waals surface area contributed by atoms with Crippen LogP contribution in [0.5, 0.6) is 5.75 Å². The second kappa shape index (κ2) is 9.79. The molecule has 6 nitrogen and oxygen atoms in total. The number of hydrogen-bond acceptors (Lipinski definition) is 4. The first-order chi connectivity index (χ1) is 15.8. The summed E-state index contributed by atoms with van der Waals surface area (Å²) >= 11 is 16.0. The number of nitrogens with zero attached hydrogens (tertiary/aromatic N) is 1. The summed E-state index contributed by atoms with van der Waals surface area (Å²) in [6, 6.07) is 18.0. The van der Waals surface area contributed by atoms with E-state index in [4.69, 9.17) is 27.9 Å². The third kappa shape index (κ3) is 4.95. The zero-order valence-electron chi connectivity index (χ0n) is 16.8. The van der Waals surface area contributed by atoms with Gasteiger partial charge in [-0.25, -0.2) is 9.69 Å². The van der Waals surface area contributed by atoms with Gasteiger partial charge in [-0.2, -0.15) is 0 Å². The minimum atomic E-state index is -0.871. The summed E-state index contributed by atoms with van der Waals surface area (Å²) < 4.78 is 6.72. The van der Waals surface area contributed by atoms with Crippen molar-refractivity contribution in [2.45, 2.75) is 6.61 Å². The highest BCUT2D eigenvalue weighted by molar-refractivity contribution is 9.10. The first-order valence-corrected chi connectivity index (χ1v) is 11.2. The Labute approximate surface area is 207 Å². The van der Waals surface area contributed by atoms with Gasteiger partial charge in [0.15, 0.2) is 0 Å². The summed E-state index contributed by atoms with van der Waals surface area (Å²) in [5, 5.41) is 2.67. The SMILES string of the molecule is O=C1NC(=O)N(c2ccccc2Cl)C(=O)/C1=C/c1ccc(OCc2ccccc2Br)c(Cl)c1. The number of rotatable bonds is 5. The number of carbonyl (C=O) groups excluding carboxylic acids is 3. The number of ether oxygens (including phenoxy) is 1. The van der Waals surface area contributed by atoms with Gasteiger partial charge >= 0.3 is 6.03 Å². The van der Waals surface area contributed by atoms with Crippen LogP contribution >= 0.6 is 39.1 Å².